The van der Waals surface area contributed by atoms with E-state index in [1.807, 2.05) is 11.6 Å². The molecule has 19 heavy (non-hydrogen) atoms. The molecule has 1 N–H and O–H groups in total. The van der Waals surface area contributed by atoms with Crippen molar-refractivity contribution < 1.29 is 0 Å². The van der Waals surface area contributed by atoms with E-state index in [0.29, 0.717) is 6.04 Å². The third kappa shape index (κ3) is 3.84. The number of nitrogens with one attached hydrogen (secondary N) is 1. The zero-order valence-corrected chi connectivity index (χ0v) is 13.6. The van der Waals surface area contributed by atoms with E-state index in [4.69, 9.17) is 4.98 Å². The Bertz CT molecular complexity index is 497. The molecule has 2 aromatic heterocycles. The van der Waals surface area contributed by atoms with Crippen LogP contribution in [0.3, 0.4) is 0 Å². The van der Waals surface area contributed by atoms with Crippen molar-refractivity contribution in [1.29, 1.82) is 0 Å². The van der Waals surface area contributed by atoms with Crippen LogP contribution in [0, 0.1) is 0 Å². The number of hydrogen-bond acceptors (Lipinski definition) is 5. The van der Waals surface area contributed by atoms with Gasteiger partial charge in [-0.15, -0.1) is 22.7 Å². The van der Waals surface area contributed by atoms with Gasteiger partial charge in [-0.1, -0.05) is 27.7 Å². The summed E-state index contributed by atoms with van der Waals surface area (Å²) in [7, 11) is 0. The molecule has 0 saturated carbocycles. The molecule has 0 amide bonds. The molecule has 104 valence electrons. The van der Waals surface area contributed by atoms with Crippen molar-refractivity contribution in [2.24, 2.45) is 0 Å². The molecule has 3 nitrogen and oxygen atoms in total. The quantitative estimate of drug-likeness (QED) is 0.901. The van der Waals surface area contributed by atoms with Gasteiger partial charge in [0.2, 0.25) is 0 Å². The molecule has 1 atom stereocenters. The lowest BCUT2D eigenvalue weighted by molar-refractivity contribution is 0.512. The van der Waals surface area contributed by atoms with E-state index in [2.05, 4.69) is 43.4 Å². The summed E-state index contributed by atoms with van der Waals surface area (Å²) in [4.78, 5) is 9.09. The number of aromatic nitrogens is 2. The molecule has 0 aromatic carbocycles. The Labute approximate surface area is 123 Å². The van der Waals surface area contributed by atoms with Crippen molar-refractivity contribution in [2.75, 3.05) is 0 Å². The second-order valence-electron chi connectivity index (χ2n) is 5.59. The smallest absolute Gasteiger partial charge is 0.109 e. The summed E-state index contributed by atoms with van der Waals surface area (Å²) >= 11 is 3.45. The largest absolute Gasteiger partial charge is 0.301 e. The molecule has 0 aliphatic carbocycles. The highest BCUT2D eigenvalue weighted by molar-refractivity contribution is 7.10. The zero-order valence-electron chi connectivity index (χ0n) is 11.9. The normalized spacial score (nSPS) is 13.7. The van der Waals surface area contributed by atoms with Gasteiger partial charge in [0.1, 0.15) is 10.0 Å². The summed E-state index contributed by atoms with van der Waals surface area (Å²) in [5, 5.41) is 10.1. The Kier molecular flexibility index (Phi) is 4.71. The third-order valence-corrected chi connectivity index (χ3v) is 4.72. The van der Waals surface area contributed by atoms with Crippen molar-refractivity contribution in [1.82, 2.24) is 15.3 Å². The van der Waals surface area contributed by atoms with Crippen LogP contribution in [0.15, 0.2) is 17.0 Å². The zero-order chi connectivity index (χ0) is 13.9. The lowest BCUT2D eigenvalue weighted by atomic mass is 9.93. The topological polar surface area (TPSA) is 37.8 Å². The average Bonchev–Trinajstić information content (AvgIpc) is 2.99. The highest BCUT2D eigenvalue weighted by atomic mass is 32.1. The lowest BCUT2D eigenvalue weighted by Crippen LogP contribution is -2.20. The van der Waals surface area contributed by atoms with Gasteiger partial charge < -0.3 is 5.32 Å². The Balaban J connectivity index is 1.96. The molecule has 0 aliphatic heterocycles. The number of rotatable bonds is 5. The monoisotopic (exact) mass is 295 g/mol. The molecule has 0 bridgehead atoms. The summed E-state index contributed by atoms with van der Waals surface area (Å²) in [5.41, 5.74) is 1.31. The predicted molar refractivity (Wildman–Crippen MR) is 82.8 cm³/mol. The van der Waals surface area contributed by atoms with E-state index in [-0.39, 0.29) is 5.41 Å². The van der Waals surface area contributed by atoms with Crippen molar-refractivity contribution in [3.05, 3.63) is 32.7 Å². The fraction of sp³-hybridized carbons (Fsp3) is 0.571. The summed E-state index contributed by atoms with van der Waals surface area (Å²) in [6, 6.07) is 0.335. The first kappa shape index (κ1) is 14.6. The fourth-order valence-electron chi connectivity index (χ4n) is 1.76. The van der Waals surface area contributed by atoms with Gasteiger partial charge in [-0.05, 0) is 6.42 Å². The first-order valence-corrected chi connectivity index (χ1v) is 8.34. The van der Waals surface area contributed by atoms with Crippen molar-refractivity contribution in [3.8, 4) is 0 Å². The van der Waals surface area contributed by atoms with Crippen molar-refractivity contribution >= 4 is 22.7 Å². The highest BCUT2D eigenvalue weighted by Crippen LogP contribution is 2.25. The molecule has 0 fully saturated rings. The van der Waals surface area contributed by atoms with Crippen LogP contribution in [0.4, 0.5) is 0 Å². The lowest BCUT2D eigenvalue weighted by Gasteiger charge is -2.15. The van der Waals surface area contributed by atoms with Crippen molar-refractivity contribution in [3.63, 3.8) is 0 Å². The molecule has 0 saturated heterocycles. The van der Waals surface area contributed by atoms with Crippen LogP contribution in [0.5, 0.6) is 0 Å². The third-order valence-electron chi connectivity index (χ3n) is 2.98. The van der Waals surface area contributed by atoms with Gasteiger partial charge in [0.05, 0.1) is 11.7 Å². The molecular weight excluding hydrogens is 274 g/mol. The Hall–Kier alpha value is -0.780. The summed E-state index contributed by atoms with van der Waals surface area (Å²) in [6.45, 7) is 9.59. The fourth-order valence-corrected chi connectivity index (χ4v) is 3.53. The van der Waals surface area contributed by atoms with E-state index in [1.165, 1.54) is 5.69 Å². The van der Waals surface area contributed by atoms with Crippen LogP contribution in [0.1, 0.15) is 55.9 Å². The second kappa shape index (κ2) is 6.11. The van der Waals surface area contributed by atoms with Gasteiger partial charge in [-0.2, -0.15) is 0 Å². The van der Waals surface area contributed by atoms with Crippen molar-refractivity contribution in [2.45, 2.75) is 52.1 Å². The van der Waals surface area contributed by atoms with Gasteiger partial charge in [0.25, 0.3) is 0 Å². The van der Waals surface area contributed by atoms with Gasteiger partial charge in [-0.25, -0.2) is 9.97 Å². The standard InChI is InChI=1S/C14H21N3S2/c1-5-10(13-15-6-7-18-13)16-8-12-17-11(9-19-12)14(2,3)4/h6-7,9-10,16H,5,8H2,1-4H3. The minimum atomic E-state index is 0.133. The van der Waals surface area contributed by atoms with Gasteiger partial charge in [0, 0.05) is 28.9 Å². The van der Waals surface area contributed by atoms with Crippen LogP contribution in [0.2, 0.25) is 0 Å². The van der Waals surface area contributed by atoms with Gasteiger partial charge in [-0.3, -0.25) is 0 Å². The maximum absolute atomic E-state index is 4.71. The minimum Gasteiger partial charge on any atom is -0.301 e. The highest BCUT2D eigenvalue weighted by Gasteiger charge is 2.18. The summed E-state index contributed by atoms with van der Waals surface area (Å²) in [5.74, 6) is 0. The predicted octanol–water partition coefficient (Wildman–Crippen LogP) is 4.14. The van der Waals surface area contributed by atoms with Gasteiger partial charge in [0.15, 0.2) is 0 Å². The Morgan fingerprint density at radius 1 is 1.32 bits per heavy atom. The SMILES string of the molecule is CCC(NCc1nc(C(C)(C)C)cs1)c1nccs1. The Morgan fingerprint density at radius 2 is 2.11 bits per heavy atom. The van der Waals surface area contributed by atoms with Crippen LogP contribution in [0.25, 0.3) is 0 Å². The summed E-state index contributed by atoms with van der Waals surface area (Å²) < 4.78 is 0. The van der Waals surface area contributed by atoms with Crippen LogP contribution >= 0.6 is 22.7 Å². The van der Waals surface area contributed by atoms with E-state index in [1.54, 1.807) is 22.7 Å². The molecule has 0 radical (unpaired) electrons. The first-order chi connectivity index (χ1) is 9.00. The maximum Gasteiger partial charge on any atom is 0.109 e. The molecule has 2 heterocycles. The molecular formula is C14H21N3S2. The summed E-state index contributed by atoms with van der Waals surface area (Å²) in [6.07, 6.45) is 2.91. The van der Waals surface area contributed by atoms with E-state index >= 15 is 0 Å². The van der Waals surface area contributed by atoms with Crippen LogP contribution < -0.4 is 5.32 Å². The Morgan fingerprint density at radius 3 is 2.63 bits per heavy atom. The van der Waals surface area contributed by atoms with E-state index in [0.717, 1.165) is 23.0 Å². The molecule has 2 aromatic rings. The van der Waals surface area contributed by atoms with Crippen LogP contribution in [-0.4, -0.2) is 9.97 Å². The molecule has 0 spiro atoms. The number of thiazole rings is 2. The average molecular weight is 295 g/mol. The molecule has 2 rings (SSSR count). The van der Waals surface area contributed by atoms with Gasteiger partial charge >= 0.3 is 0 Å². The minimum absolute atomic E-state index is 0.133. The second-order valence-corrected chi connectivity index (χ2v) is 7.46. The maximum atomic E-state index is 4.71. The van der Waals surface area contributed by atoms with Crippen LogP contribution in [-0.2, 0) is 12.0 Å². The molecule has 0 aliphatic rings. The first-order valence-electron chi connectivity index (χ1n) is 6.58. The molecule has 5 heteroatoms. The molecule has 1 unspecified atom stereocenters. The number of nitrogens with zero attached hydrogens (tertiary/aromatic N) is 2. The van der Waals surface area contributed by atoms with E-state index in [9.17, 15) is 0 Å². The van der Waals surface area contributed by atoms with E-state index < -0.39 is 0 Å². The number of hydrogen-bond donors (Lipinski definition) is 1.